The second kappa shape index (κ2) is 5.83. The van der Waals surface area contributed by atoms with Gasteiger partial charge in [-0.2, -0.15) is 0 Å². The number of carbonyl (C=O) groups excluding carboxylic acids is 1. The average Bonchev–Trinajstić information content (AvgIpc) is 2.35. The van der Waals surface area contributed by atoms with E-state index >= 15 is 0 Å². The topological polar surface area (TPSA) is 38.3 Å². The summed E-state index contributed by atoms with van der Waals surface area (Å²) in [7, 11) is 0. The molecule has 3 heteroatoms. The lowest BCUT2D eigenvalue weighted by Crippen LogP contribution is -2.36. The molecule has 1 heterocycles. The summed E-state index contributed by atoms with van der Waals surface area (Å²) >= 11 is 0. The first-order chi connectivity index (χ1) is 8.65. The molecule has 1 atom stereocenters. The van der Waals surface area contributed by atoms with Crippen molar-refractivity contribution in [3.63, 3.8) is 0 Å². The quantitative estimate of drug-likeness (QED) is 0.829. The maximum Gasteiger partial charge on any atom is 0.244 e. The number of ether oxygens (including phenoxy) is 1. The fourth-order valence-corrected chi connectivity index (χ4v) is 2.07. The van der Waals surface area contributed by atoms with E-state index < -0.39 is 0 Å². The third-order valence-electron chi connectivity index (χ3n) is 2.96. The number of benzene rings is 1. The van der Waals surface area contributed by atoms with Gasteiger partial charge < -0.3 is 10.1 Å². The van der Waals surface area contributed by atoms with Crippen molar-refractivity contribution in [1.82, 2.24) is 5.32 Å². The van der Waals surface area contributed by atoms with E-state index in [0.29, 0.717) is 13.2 Å². The van der Waals surface area contributed by atoms with Gasteiger partial charge in [0.05, 0.1) is 12.7 Å². The maximum atomic E-state index is 11.5. The molecule has 1 N–H and O–H groups in total. The Morgan fingerprint density at radius 2 is 2.11 bits per heavy atom. The number of hydrogen-bond acceptors (Lipinski definition) is 2. The van der Waals surface area contributed by atoms with Gasteiger partial charge in [0.25, 0.3) is 0 Å². The molecule has 0 bridgehead atoms. The molecule has 0 saturated heterocycles. The number of hydrogen-bond donors (Lipinski definition) is 1. The molecule has 0 saturated carbocycles. The lowest BCUT2D eigenvalue weighted by molar-refractivity contribution is -0.117. The standard InChI is InChI=1S/C15H19NO2/c1-11(2)7-15(17)16-9-14-8-12-5-3-4-6-13(12)10-18-14/h3-7,14H,8-10H2,1-2H3,(H,16,17). The summed E-state index contributed by atoms with van der Waals surface area (Å²) in [6, 6.07) is 8.29. The second-order valence-electron chi connectivity index (χ2n) is 4.87. The lowest BCUT2D eigenvalue weighted by Gasteiger charge is -2.25. The lowest BCUT2D eigenvalue weighted by atomic mass is 9.99. The van der Waals surface area contributed by atoms with Gasteiger partial charge in [0.1, 0.15) is 0 Å². The molecule has 0 aromatic heterocycles. The van der Waals surface area contributed by atoms with Crippen molar-refractivity contribution in [2.45, 2.75) is 33.0 Å². The Labute approximate surface area is 108 Å². The Bertz CT molecular complexity index is 461. The fourth-order valence-electron chi connectivity index (χ4n) is 2.07. The van der Waals surface area contributed by atoms with E-state index in [2.05, 4.69) is 17.4 Å². The van der Waals surface area contributed by atoms with Crippen LogP contribution in [-0.4, -0.2) is 18.6 Å². The van der Waals surface area contributed by atoms with E-state index in [1.54, 1.807) is 6.08 Å². The summed E-state index contributed by atoms with van der Waals surface area (Å²) in [5, 5.41) is 2.87. The summed E-state index contributed by atoms with van der Waals surface area (Å²) in [6.07, 6.45) is 2.55. The Morgan fingerprint density at radius 3 is 2.83 bits per heavy atom. The summed E-state index contributed by atoms with van der Waals surface area (Å²) in [5.74, 6) is -0.0440. The van der Waals surface area contributed by atoms with E-state index in [9.17, 15) is 4.79 Å². The molecule has 0 aliphatic carbocycles. The third-order valence-corrected chi connectivity index (χ3v) is 2.96. The molecule has 0 spiro atoms. The van der Waals surface area contributed by atoms with Gasteiger partial charge in [-0.1, -0.05) is 29.8 Å². The third kappa shape index (κ3) is 3.44. The van der Waals surface area contributed by atoms with Gasteiger partial charge in [-0.15, -0.1) is 0 Å². The van der Waals surface area contributed by atoms with Crippen LogP contribution >= 0.6 is 0 Å². The van der Waals surface area contributed by atoms with E-state index in [1.807, 2.05) is 26.0 Å². The molecule has 0 fully saturated rings. The molecule has 1 aliphatic heterocycles. The summed E-state index contributed by atoms with van der Waals surface area (Å²) in [5.41, 5.74) is 3.58. The molecule has 2 rings (SSSR count). The first kappa shape index (κ1) is 12.8. The maximum absolute atomic E-state index is 11.5. The Hall–Kier alpha value is -1.61. The number of carbonyl (C=O) groups is 1. The largest absolute Gasteiger partial charge is 0.371 e. The molecule has 18 heavy (non-hydrogen) atoms. The molecule has 1 unspecified atom stereocenters. The first-order valence-corrected chi connectivity index (χ1v) is 6.26. The van der Waals surface area contributed by atoms with Crippen molar-refractivity contribution in [2.75, 3.05) is 6.54 Å². The highest BCUT2D eigenvalue weighted by Gasteiger charge is 2.18. The molecular weight excluding hydrogens is 226 g/mol. The van der Waals surface area contributed by atoms with Crippen LogP contribution in [0.1, 0.15) is 25.0 Å². The van der Waals surface area contributed by atoms with Crippen LogP contribution in [0.3, 0.4) is 0 Å². The summed E-state index contributed by atoms with van der Waals surface area (Å²) in [4.78, 5) is 11.5. The molecule has 1 amide bonds. The zero-order valence-electron chi connectivity index (χ0n) is 10.9. The van der Waals surface area contributed by atoms with Crippen LogP contribution in [0.25, 0.3) is 0 Å². The smallest absolute Gasteiger partial charge is 0.244 e. The molecule has 96 valence electrons. The first-order valence-electron chi connectivity index (χ1n) is 6.26. The van der Waals surface area contributed by atoms with Crippen molar-refractivity contribution in [1.29, 1.82) is 0 Å². The fraction of sp³-hybridized carbons (Fsp3) is 0.400. The van der Waals surface area contributed by atoms with Crippen LogP contribution in [0.5, 0.6) is 0 Å². The van der Waals surface area contributed by atoms with Gasteiger partial charge in [0.15, 0.2) is 0 Å². The number of fused-ring (bicyclic) bond motifs is 1. The van der Waals surface area contributed by atoms with Crippen molar-refractivity contribution >= 4 is 5.91 Å². The molecule has 1 aliphatic rings. The normalized spacial score (nSPS) is 17.8. The highest BCUT2D eigenvalue weighted by molar-refractivity contribution is 5.88. The second-order valence-corrected chi connectivity index (χ2v) is 4.87. The Morgan fingerprint density at radius 1 is 1.39 bits per heavy atom. The van der Waals surface area contributed by atoms with Crippen molar-refractivity contribution in [3.8, 4) is 0 Å². The van der Waals surface area contributed by atoms with Crippen molar-refractivity contribution in [3.05, 3.63) is 47.0 Å². The van der Waals surface area contributed by atoms with Crippen LogP contribution < -0.4 is 5.32 Å². The van der Waals surface area contributed by atoms with Gasteiger partial charge in [0.2, 0.25) is 5.91 Å². The molecule has 3 nitrogen and oxygen atoms in total. The predicted molar refractivity (Wildman–Crippen MR) is 71.2 cm³/mol. The number of allylic oxidation sites excluding steroid dienone is 1. The van der Waals surface area contributed by atoms with Gasteiger partial charge in [-0.3, -0.25) is 4.79 Å². The highest BCUT2D eigenvalue weighted by atomic mass is 16.5. The van der Waals surface area contributed by atoms with Crippen LogP contribution in [0, 0.1) is 0 Å². The van der Waals surface area contributed by atoms with Gasteiger partial charge in [-0.05, 0) is 25.0 Å². The molecule has 0 radical (unpaired) electrons. The van der Waals surface area contributed by atoms with E-state index in [-0.39, 0.29) is 12.0 Å². The van der Waals surface area contributed by atoms with E-state index in [4.69, 9.17) is 4.74 Å². The van der Waals surface area contributed by atoms with Gasteiger partial charge >= 0.3 is 0 Å². The van der Waals surface area contributed by atoms with Gasteiger partial charge in [0, 0.05) is 19.0 Å². The predicted octanol–water partition coefficient (Wildman–Crippen LogP) is 2.21. The Balaban J connectivity index is 1.87. The zero-order valence-corrected chi connectivity index (χ0v) is 10.9. The van der Waals surface area contributed by atoms with E-state index in [0.717, 1.165) is 12.0 Å². The minimum atomic E-state index is -0.0440. The van der Waals surface area contributed by atoms with Crippen LogP contribution in [0.4, 0.5) is 0 Å². The molecule has 1 aromatic rings. The van der Waals surface area contributed by atoms with Crippen molar-refractivity contribution in [2.24, 2.45) is 0 Å². The monoisotopic (exact) mass is 245 g/mol. The summed E-state index contributed by atoms with van der Waals surface area (Å²) in [6.45, 7) is 5.02. The van der Waals surface area contributed by atoms with Crippen molar-refractivity contribution < 1.29 is 9.53 Å². The number of rotatable bonds is 3. The minimum absolute atomic E-state index is 0.0440. The highest BCUT2D eigenvalue weighted by Crippen LogP contribution is 2.19. The SMILES string of the molecule is CC(C)=CC(=O)NCC1Cc2ccccc2CO1. The molecule has 1 aromatic carbocycles. The zero-order chi connectivity index (χ0) is 13.0. The van der Waals surface area contributed by atoms with Gasteiger partial charge in [-0.25, -0.2) is 0 Å². The Kier molecular flexibility index (Phi) is 4.15. The van der Waals surface area contributed by atoms with Crippen LogP contribution in [0.15, 0.2) is 35.9 Å². The average molecular weight is 245 g/mol. The van der Waals surface area contributed by atoms with Crippen LogP contribution in [0.2, 0.25) is 0 Å². The minimum Gasteiger partial charge on any atom is -0.371 e. The number of amides is 1. The summed E-state index contributed by atoms with van der Waals surface area (Å²) < 4.78 is 5.72. The molecular formula is C15H19NO2. The number of nitrogens with one attached hydrogen (secondary N) is 1. The van der Waals surface area contributed by atoms with E-state index in [1.165, 1.54) is 11.1 Å². The van der Waals surface area contributed by atoms with Crippen LogP contribution in [-0.2, 0) is 22.6 Å².